The Hall–Kier alpha value is -2.40. The summed E-state index contributed by atoms with van der Waals surface area (Å²) in [6, 6.07) is 9.42. The van der Waals surface area contributed by atoms with Crippen LogP contribution in [0.1, 0.15) is 46.9 Å². The molecule has 0 unspecified atom stereocenters. The first-order chi connectivity index (χ1) is 11.7. The molecule has 0 spiro atoms. The maximum atomic E-state index is 12.5. The number of rotatable bonds is 5. The summed E-state index contributed by atoms with van der Waals surface area (Å²) in [6.45, 7) is 3.69. The van der Waals surface area contributed by atoms with Gasteiger partial charge < -0.3 is 15.6 Å². The lowest BCUT2D eigenvalue weighted by Gasteiger charge is -2.16. The molecule has 1 amide bonds. The Morgan fingerprint density at radius 3 is 2.88 bits per heavy atom. The highest BCUT2D eigenvalue weighted by Crippen LogP contribution is 2.19. The number of amides is 1. The standard InChI is InChI=1S/C19H23N3O2/c1-2-20-12-13-6-5-8-15(10-13)21-18(23)16-11-14-7-3-4-9-17(14)22-19(16)24/h5-6,8,10-11,20H,2-4,7,9,12H2,1H3,(H,21,23)(H,22,24). The van der Waals surface area contributed by atoms with Crippen LogP contribution < -0.4 is 16.2 Å². The van der Waals surface area contributed by atoms with Gasteiger partial charge in [0, 0.05) is 17.9 Å². The minimum Gasteiger partial charge on any atom is -0.325 e. The number of nitrogens with one attached hydrogen (secondary N) is 3. The van der Waals surface area contributed by atoms with Crippen molar-refractivity contribution in [2.75, 3.05) is 11.9 Å². The summed E-state index contributed by atoms with van der Waals surface area (Å²) in [5.74, 6) is -0.356. The Bertz CT molecular complexity index is 795. The number of H-pyrrole nitrogens is 1. The van der Waals surface area contributed by atoms with Crippen LogP contribution in [-0.2, 0) is 19.4 Å². The highest BCUT2D eigenvalue weighted by molar-refractivity contribution is 6.04. The molecule has 3 rings (SSSR count). The van der Waals surface area contributed by atoms with E-state index in [1.807, 2.05) is 31.2 Å². The second-order valence-corrected chi connectivity index (χ2v) is 6.16. The molecule has 0 aliphatic heterocycles. The Labute approximate surface area is 141 Å². The number of aromatic amines is 1. The highest BCUT2D eigenvalue weighted by atomic mass is 16.2. The predicted octanol–water partition coefficient (Wildman–Crippen LogP) is 2.62. The van der Waals surface area contributed by atoms with Crippen molar-refractivity contribution in [2.24, 2.45) is 0 Å². The van der Waals surface area contributed by atoms with E-state index < -0.39 is 0 Å². The SMILES string of the molecule is CCNCc1cccc(NC(=O)c2cc3c([nH]c2=O)CCCC3)c1. The average Bonchev–Trinajstić information content (AvgIpc) is 2.59. The van der Waals surface area contributed by atoms with Gasteiger partial charge in [-0.15, -0.1) is 0 Å². The summed E-state index contributed by atoms with van der Waals surface area (Å²) >= 11 is 0. The normalized spacial score (nSPS) is 13.4. The Morgan fingerprint density at radius 1 is 1.21 bits per heavy atom. The van der Waals surface area contributed by atoms with Crippen LogP contribution in [-0.4, -0.2) is 17.4 Å². The topological polar surface area (TPSA) is 74.0 Å². The van der Waals surface area contributed by atoms with E-state index in [2.05, 4.69) is 15.6 Å². The van der Waals surface area contributed by atoms with Crippen molar-refractivity contribution < 1.29 is 4.79 Å². The Kier molecular flexibility index (Phi) is 5.11. The van der Waals surface area contributed by atoms with E-state index in [1.165, 1.54) is 0 Å². The van der Waals surface area contributed by atoms with Gasteiger partial charge in [0.05, 0.1) is 0 Å². The monoisotopic (exact) mass is 325 g/mol. The third-order valence-electron chi connectivity index (χ3n) is 4.35. The van der Waals surface area contributed by atoms with Crippen molar-refractivity contribution in [1.29, 1.82) is 0 Å². The van der Waals surface area contributed by atoms with Gasteiger partial charge in [0.2, 0.25) is 0 Å². The van der Waals surface area contributed by atoms with Gasteiger partial charge in [-0.3, -0.25) is 9.59 Å². The summed E-state index contributed by atoms with van der Waals surface area (Å²) in [5.41, 5.74) is 3.74. The smallest absolute Gasteiger partial charge is 0.261 e. The number of hydrogen-bond donors (Lipinski definition) is 3. The molecule has 24 heavy (non-hydrogen) atoms. The van der Waals surface area contributed by atoms with Crippen molar-refractivity contribution in [3.63, 3.8) is 0 Å². The Balaban J connectivity index is 1.79. The van der Waals surface area contributed by atoms with E-state index in [0.29, 0.717) is 5.69 Å². The van der Waals surface area contributed by atoms with Crippen LogP contribution in [0.25, 0.3) is 0 Å². The summed E-state index contributed by atoms with van der Waals surface area (Å²) in [6.07, 6.45) is 4.00. The number of carbonyl (C=O) groups excluding carboxylic acids is 1. The lowest BCUT2D eigenvalue weighted by molar-refractivity contribution is 0.102. The fourth-order valence-corrected chi connectivity index (χ4v) is 3.07. The molecule has 1 aromatic heterocycles. The van der Waals surface area contributed by atoms with Crippen molar-refractivity contribution in [1.82, 2.24) is 10.3 Å². The minimum absolute atomic E-state index is 0.188. The van der Waals surface area contributed by atoms with E-state index in [9.17, 15) is 9.59 Å². The van der Waals surface area contributed by atoms with Crippen LogP contribution >= 0.6 is 0 Å². The van der Waals surface area contributed by atoms with E-state index in [-0.39, 0.29) is 17.0 Å². The third kappa shape index (κ3) is 3.74. The quantitative estimate of drug-likeness (QED) is 0.791. The molecular weight excluding hydrogens is 302 g/mol. The fourth-order valence-electron chi connectivity index (χ4n) is 3.07. The molecule has 1 aliphatic carbocycles. The first-order valence-electron chi connectivity index (χ1n) is 8.53. The number of aryl methyl sites for hydroxylation is 2. The van der Waals surface area contributed by atoms with E-state index >= 15 is 0 Å². The summed E-state index contributed by atoms with van der Waals surface area (Å²) in [4.78, 5) is 27.6. The van der Waals surface area contributed by atoms with Gasteiger partial charge >= 0.3 is 0 Å². The van der Waals surface area contributed by atoms with Gasteiger partial charge in [-0.1, -0.05) is 19.1 Å². The molecule has 0 saturated heterocycles. The molecule has 1 aliphatic rings. The number of fused-ring (bicyclic) bond motifs is 1. The molecule has 1 aromatic carbocycles. The van der Waals surface area contributed by atoms with Crippen molar-refractivity contribution in [3.8, 4) is 0 Å². The van der Waals surface area contributed by atoms with Gasteiger partial charge in [0.1, 0.15) is 5.56 Å². The lowest BCUT2D eigenvalue weighted by Crippen LogP contribution is -2.26. The van der Waals surface area contributed by atoms with E-state index in [0.717, 1.165) is 55.6 Å². The number of aromatic nitrogens is 1. The molecule has 1 heterocycles. The second kappa shape index (κ2) is 7.45. The molecule has 0 saturated carbocycles. The molecule has 0 radical (unpaired) electrons. The van der Waals surface area contributed by atoms with Crippen LogP contribution in [0.3, 0.4) is 0 Å². The van der Waals surface area contributed by atoms with Gasteiger partial charge in [-0.25, -0.2) is 0 Å². The van der Waals surface area contributed by atoms with E-state index in [1.54, 1.807) is 6.07 Å². The third-order valence-corrected chi connectivity index (χ3v) is 4.35. The Morgan fingerprint density at radius 2 is 2.04 bits per heavy atom. The first-order valence-corrected chi connectivity index (χ1v) is 8.53. The number of anilines is 1. The molecule has 0 fully saturated rings. The number of benzene rings is 1. The summed E-state index contributed by atoms with van der Waals surface area (Å²) in [5, 5.41) is 6.09. The van der Waals surface area contributed by atoms with Gasteiger partial charge in [0.25, 0.3) is 11.5 Å². The van der Waals surface area contributed by atoms with Crippen LogP contribution in [0.2, 0.25) is 0 Å². The molecule has 5 nitrogen and oxygen atoms in total. The predicted molar refractivity (Wildman–Crippen MR) is 95.5 cm³/mol. The second-order valence-electron chi connectivity index (χ2n) is 6.16. The van der Waals surface area contributed by atoms with Gasteiger partial charge in [0.15, 0.2) is 0 Å². The number of hydrogen-bond acceptors (Lipinski definition) is 3. The fraction of sp³-hybridized carbons (Fsp3) is 0.368. The average molecular weight is 325 g/mol. The van der Waals surface area contributed by atoms with Crippen molar-refractivity contribution >= 4 is 11.6 Å². The molecule has 3 N–H and O–H groups in total. The van der Waals surface area contributed by atoms with Crippen LogP contribution in [0.4, 0.5) is 5.69 Å². The van der Waals surface area contributed by atoms with Crippen molar-refractivity contribution in [2.45, 2.75) is 39.2 Å². The molecule has 5 heteroatoms. The van der Waals surface area contributed by atoms with Crippen LogP contribution in [0.15, 0.2) is 35.1 Å². The molecule has 2 aromatic rings. The molecule has 0 atom stereocenters. The zero-order valence-corrected chi connectivity index (χ0v) is 13.9. The lowest BCUT2D eigenvalue weighted by atomic mass is 9.95. The molecule has 0 bridgehead atoms. The highest BCUT2D eigenvalue weighted by Gasteiger charge is 2.17. The zero-order valence-electron chi connectivity index (χ0n) is 13.9. The molecule has 126 valence electrons. The maximum Gasteiger partial charge on any atom is 0.261 e. The minimum atomic E-state index is -0.356. The van der Waals surface area contributed by atoms with Crippen LogP contribution in [0, 0.1) is 0 Å². The van der Waals surface area contributed by atoms with Gasteiger partial charge in [-0.05, 0) is 61.6 Å². The number of carbonyl (C=O) groups is 1. The van der Waals surface area contributed by atoms with Gasteiger partial charge in [-0.2, -0.15) is 0 Å². The zero-order chi connectivity index (χ0) is 16.9. The van der Waals surface area contributed by atoms with Crippen LogP contribution in [0.5, 0.6) is 0 Å². The summed E-state index contributed by atoms with van der Waals surface area (Å²) in [7, 11) is 0. The first kappa shape index (κ1) is 16.5. The maximum absolute atomic E-state index is 12.5. The van der Waals surface area contributed by atoms with Crippen molar-refractivity contribution in [3.05, 3.63) is 63.1 Å². The number of pyridine rings is 1. The molecular formula is C19H23N3O2. The summed E-state index contributed by atoms with van der Waals surface area (Å²) < 4.78 is 0. The van der Waals surface area contributed by atoms with E-state index in [4.69, 9.17) is 0 Å². The largest absolute Gasteiger partial charge is 0.325 e.